The van der Waals surface area contributed by atoms with Crippen LogP contribution in [0.15, 0.2) is 97.1 Å². The van der Waals surface area contributed by atoms with Crippen molar-refractivity contribution in [2.45, 2.75) is 12.8 Å². The van der Waals surface area contributed by atoms with Crippen LogP contribution in [0.25, 0.3) is 54.6 Å². The fourth-order valence-corrected chi connectivity index (χ4v) is 6.31. The minimum Gasteiger partial charge on any atom is -0.0619 e. The molecule has 0 atom stereocenters. The summed E-state index contributed by atoms with van der Waals surface area (Å²) in [6, 6.07) is 36.5. The molecule has 0 saturated heterocycles. The molecule has 32 heavy (non-hydrogen) atoms. The van der Waals surface area contributed by atoms with Crippen LogP contribution in [0, 0.1) is 0 Å². The van der Waals surface area contributed by atoms with Crippen LogP contribution in [0.2, 0.25) is 0 Å². The molecule has 0 unspecified atom stereocenters. The number of fused-ring (bicyclic) bond motifs is 13. The van der Waals surface area contributed by atoms with Crippen molar-refractivity contribution in [2.24, 2.45) is 0 Å². The molecular formula is C32H20. The Kier molecular flexibility index (Phi) is 3.07. The summed E-state index contributed by atoms with van der Waals surface area (Å²) in [5, 5.41) is 8.35. The maximum absolute atomic E-state index is 2.48. The monoisotopic (exact) mass is 404 g/mol. The van der Waals surface area contributed by atoms with Gasteiger partial charge in [0.05, 0.1) is 0 Å². The summed E-state index contributed by atoms with van der Waals surface area (Å²) < 4.78 is 0. The van der Waals surface area contributed by atoms with Gasteiger partial charge in [-0.2, -0.15) is 0 Å². The van der Waals surface area contributed by atoms with Gasteiger partial charge in [-0.3, -0.25) is 0 Å². The molecule has 6 aromatic rings. The summed E-state index contributed by atoms with van der Waals surface area (Å²) in [7, 11) is 0. The molecule has 0 fully saturated rings. The van der Waals surface area contributed by atoms with E-state index in [1.165, 1.54) is 76.8 Å². The zero-order chi connectivity index (χ0) is 20.8. The second-order valence-corrected chi connectivity index (χ2v) is 9.28. The zero-order valence-electron chi connectivity index (χ0n) is 17.7. The highest BCUT2D eigenvalue weighted by Crippen LogP contribution is 2.47. The van der Waals surface area contributed by atoms with E-state index >= 15 is 0 Å². The minimum absolute atomic E-state index is 1.02. The first-order valence-electron chi connectivity index (χ1n) is 11.5. The molecule has 0 saturated carbocycles. The first kappa shape index (κ1) is 16.8. The van der Waals surface area contributed by atoms with Crippen LogP contribution in [0.5, 0.6) is 0 Å². The van der Waals surface area contributed by atoms with Gasteiger partial charge in [0.15, 0.2) is 0 Å². The van der Waals surface area contributed by atoms with Crippen LogP contribution in [0.3, 0.4) is 0 Å². The smallest absolute Gasteiger partial charge is 0.000706 e. The van der Waals surface area contributed by atoms with Crippen molar-refractivity contribution in [2.75, 3.05) is 0 Å². The predicted molar refractivity (Wildman–Crippen MR) is 135 cm³/mol. The third-order valence-corrected chi connectivity index (χ3v) is 7.70. The van der Waals surface area contributed by atoms with E-state index in [0.717, 1.165) is 12.8 Å². The maximum atomic E-state index is 2.48. The summed E-state index contributed by atoms with van der Waals surface area (Å²) in [6.45, 7) is 0. The Balaban J connectivity index is 1.54. The van der Waals surface area contributed by atoms with Crippen LogP contribution in [0.4, 0.5) is 0 Å². The van der Waals surface area contributed by atoms with Crippen LogP contribution >= 0.6 is 0 Å². The Hall–Kier alpha value is -3.90. The fourth-order valence-electron chi connectivity index (χ4n) is 6.31. The highest BCUT2D eigenvalue weighted by molar-refractivity contribution is 6.27. The second-order valence-electron chi connectivity index (χ2n) is 9.28. The van der Waals surface area contributed by atoms with Crippen LogP contribution in [-0.2, 0) is 12.8 Å². The van der Waals surface area contributed by atoms with Crippen LogP contribution < -0.4 is 0 Å². The SMILES string of the molecule is c1ccc2c(c1)Cc1cc3c(cc1-2)c1ccccc1c1c2c(ccc31)-c1ccccc1C2. The Morgan fingerprint density at radius 3 is 1.84 bits per heavy atom. The number of rotatable bonds is 0. The normalized spacial score (nSPS) is 13.4. The predicted octanol–water partition coefficient (Wildman–Crippen LogP) is 8.29. The molecule has 2 aliphatic rings. The first-order chi connectivity index (χ1) is 15.9. The van der Waals surface area contributed by atoms with Gasteiger partial charge < -0.3 is 0 Å². The molecule has 2 aliphatic carbocycles. The van der Waals surface area contributed by atoms with Gasteiger partial charge in [-0.25, -0.2) is 0 Å². The topological polar surface area (TPSA) is 0 Å². The van der Waals surface area contributed by atoms with Crippen molar-refractivity contribution < 1.29 is 0 Å². The van der Waals surface area contributed by atoms with Crippen molar-refractivity contribution in [1.82, 2.24) is 0 Å². The van der Waals surface area contributed by atoms with Gasteiger partial charge in [-0.1, -0.05) is 84.9 Å². The maximum Gasteiger partial charge on any atom is -0.000706 e. The van der Waals surface area contributed by atoms with Gasteiger partial charge in [0.1, 0.15) is 0 Å². The lowest BCUT2D eigenvalue weighted by Crippen LogP contribution is -1.91. The molecule has 0 radical (unpaired) electrons. The molecular weight excluding hydrogens is 384 g/mol. The lowest BCUT2D eigenvalue weighted by molar-refractivity contribution is 1.27. The molecule has 0 aliphatic heterocycles. The van der Waals surface area contributed by atoms with E-state index in [1.54, 1.807) is 0 Å². The number of hydrogen-bond acceptors (Lipinski definition) is 0. The first-order valence-corrected chi connectivity index (χ1v) is 11.5. The zero-order valence-corrected chi connectivity index (χ0v) is 17.7. The lowest BCUT2D eigenvalue weighted by atomic mass is 9.88. The molecule has 6 aromatic carbocycles. The summed E-state index contributed by atoms with van der Waals surface area (Å²) >= 11 is 0. The average molecular weight is 405 g/mol. The van der Waals surface area contributed by atoms with E-state index < -0.39 is 0 Å². The molecule has 0 heteroatoms. The molecule has 0 heterocycles. The van der Waals surface area contributed by atoms with E-state index in [2.05, 4.69) is 97.1 Å². The Morgan fingerprint density at radius 2 is 1.00 bits per heavy atom. The largest absolute Gasteiger partial charge is 0.0619 e. The van der Waals surface area contributed by atoms with Crippen LogP contribution in [-0.4, -0.2) is 0 Å². The summed E-state index contributed by atoms with van der Waals surface area (Å²) in [5.74, 6) is 0. The molecule has 8 rings (SSSR count). The quantitative estimate of drug-likeness (QED) is 0.223. The lowest BCUT2D eigenvalue weighted by Gasteiger charge is -2.15. The Labute approximate surface area is 186 Å². The summed E-state index contributed by atoms with van der Waals surface area (Å²) in [6.07, 6.45) is 2.06. The van der Waals surface area contributed by atoms with E-state index in [4.69, 9.17) is 0 Å². The van der Waals surface area contributed by atoms with E-state index in [-0.39, 0.29) is 0 Å². The molecule has 0 nitrogen and oxygen atoms in total. The average Bonchev–Trinajstić information content (AvgIpc) is 3.40. The van der Waals surface area contributed by atoms with Crippen molar-refractivity contribution in [3.8, 4) is 22.3 Å². The third kappa shape index (κ3) is 2.03. The van der Waals surface area contributed by atoms with Gasteiger partial charge in [0, 0.05) is 0 Å². The van der Waals surface area contributed by atoms with E-state index in [1.807, 2.05) is 0 Å². The molecule has 0 spiro atoms. The molecule has 0 bridgehead atoms. The second kappa shape index (κ2) is 5.87. The van der Waals surface area contributed by atoms with Crippen molar-refractivity contribution >= 4 is 32.3 Å². The fraction of sp³-hybridized carbons (Fsp3) is 0.0625. The standard InChI is InChI=1S/C32H20/c1-4-10-23-19(7-1)15-21-17-29-27-14-13-25-22-9-3-2-8-20(22)16-31(25)32(27)26-12-6-5-11-24(26)30(29)18-28(21)23/h1-14,17-18H,15-16H2. The van der Waals surface area contributed by atoms with Gasteiger partial charge in [-0.05, 0) is 102 Å². The van der Waals surface area contributed by atoms with Crippen molar-refractivity contribution in [3.63, 3.8) is 0 Å². The number of benzene rings is 6. The van der Waals surface area contributed by atoms with Crippen molar-refractivity contribution in [3.05, 3.63) is 119 Å². The minimum atomic E-state index is 1.02. The Morgan fingerprint density at radius 1 is 0.375 bits per heavy atom. The highest BCUT2D eigenvalue weighted by atomic mass is 14.3. The molecule has 0 amide bonds. The molecule has 0 aromatic heterocycles. The van der Waals surface area contributed by atoms with E-state index in [0.29, 0.717) is 0 Å². The summed E-state index contributed by atoms with van der Waals surface area (Å²) in [4.78, 5) is 0. The van der Waals surface area contributed by atoms with Gasteiger partial charge in [0.2, 0.25) is 0 Å². The molecule has 0 N–H and O–H groups in total. The van der Waals surface area contributed by atoms with Crippen LogP contribution in [0.1, 0.15) is 22.3 Å². The van der Waals surface area contributed by atoms with Gasteiger partial charge in [0.25, 0.3) is 0 Å². The van der Waals surface area contributed by atoms with Gasteiger partial charge in [-0.15, -0.1) is 0 Å². The Bertz CT molecular complexity index is 1760. The third-order valence-electron chi connectivity index (χ3n) is 7.70. The molecule has 148 valence electrons. The number of hydrogen-bond donors (Lipinski definition) is 0. The van der Waals surface area contributed by atoms with Crippen molar-refractivity contribution in [1.29, 1.82) is 0 Å². The van der Waals surface area contributed by atoms with E-state index in [9.17, 15) is 0 Å². The highest BCUT2D eigenvalue weighted by Gasteiger charge is 2.24. The van der Waals surface area contributed by atoms with Gasteiger partial charge >= 0.3 is 0 Å². The summed E-state index contributed by atoms with van der Waals surface area (Å²) in [5.41, 5.74) is 11.5.